The van der Waals surface area contributed by atoms with Gasteiger partial charge in [-0.25, -0.2) is 0 Å². The first-order valence-electron chi connectivity index (χ1n) is 8.59. The average molecular weight is 347 g/mol. The van der Waals surface area contributed by atoms with Gasteiger partial charge in [0.05, 0.1) is 11.2 Å². The van der Waals surface area contributed by atoms with Gasteiger partial charge in [0, 0.05) is 24.2 Å². The quantitative estimate of drug-likeness (QED) is 0.764. The van der Waals surface area contributed by atoms with Crippen LogP contribution in [0.5, 0.6) is 0 Å². The number of aryl methyl sites for hydroxylation is 1. The van der Waals surface area contributed by atoms with Crippen molar-refractivity contribution in [2.24, 2.45) is 0 Å². The molecule has 0 aliphatic heterocycles. The molecule has 1 N–H and O–H groups in total. The molecule has 0 unspecified atom stereocenters. The second-order valence-corrected chi connectivity index (χ2v) is 6.02. The number of carbonyl (C=O) groups excluding carboxylic acids is 2. The first-order valence-corrected chi connectivity index (χ1v) is 8.59. The highest BCUT2D eigenvalue weighted by Crippen LogP contribution is 2.23. The van der Waals surface area contributed by atoms with Gasteiger partial charge in [0.15, 0.2) is 0 Å². The number of aromatic nitrogens is 1. The molecule has 0 aliphatic rings. The topological polar surface area (TPSA) is 62.3 Å². The highest BCUT2D eigenvalue weighted by atomic mass is 16.2. The van der Waals surface area contributed by atoms with E-state index < -0.39 is 0 Å². The van der Waals surface area contributed by atoms with Crippen LogP contribution in [0.25, 0.3) is 10.9 Å². The number of amides is 2. The van der Waals surface area contributed by atoms with Gasteiger partial charge in [-0.3, -0.25) is 14.6 Å². The van der Waals surface area contributed by atoms with E-state index in [0.717, 1.165) is 28.6 Å². The molecule has 0 aliphatic carbocycles. The lowest BCUT2D eigenvalue weighted by Gasteiger charge is -2.23. The van der Waals surface area contributed by atoms with E-state index in [4.69, 9.17) is 0 Å². The molecule has 5 heteroatoms. The van der Waals surface area contributed by atoms with Crippen molar-refractivity contribution in [1.82, 2.24) is 4.98 Å². The van der Waals surface area contributed by atoms with E-state index in [2.05, 4.69) is 10.3 Å². The molecule has 3 aromatic rings. The van der Waals surface area contributed by atoms with Crippen LogP contribution in [0, 0.1) is 0 Å². The Balaban J connectivity index is 1.84. The Bertz CT molecular complexity index is 947. The minimum atomic E-state index is -0.260. The molecule has 2 aromatic carbocycles. The van der Waals surface area contributed by atoms with Crippen molar-refractivity contribution >= 4 is 34.1 Å². The zero-order chi connectivity index (χ0) is 18.5. The standard InChI is InChI=1S/C21H21N3O2/c1-3-16-8-4-5-12-19(16)24(15(2)25)14-20(26)23-18-11-6-9-17-10-7-13-22-21(17)18/h4-13H,3,14H2,1-2H3,(H,23,26). The molecule has 0 saturated carbocycles. The number of hydrogen-bond donors (Lipinski definition) is 1. The second-order valence-electron chi connectivity index (χ2n) is 6.02. The van der Waals surface area contributed by atoms with Crippen LogP contribution in [0.3, 0.4) is 0 Å². The highest BCUT2D eigenvalue weighted by Gasteiger charge is 2.18. The summed E-state index contributed by atoms with van der Waals surface area (Å²) < 4.78 is 0. The van der Waals surface area contributed by atoms with Gasteiger partial charge in [-0.1, -0.05) is 43.3 Å². The fourth-order valence-electron chi connectivity index (χ4n) is 2.98. The smallest absolute Gasteiger partial charge is 0.244 e. The SMILES string of the molecule is CCc1ccccc1N(CC(=O)Nc1cccc2cccnc12)C(C)=O. The molecule has 0 atom stereocenters. The molecule has 26 heavy (non-hydrogen) atoms. The van der Waals surface area contributed by atoms with E-state index in [1.807, 2.05) is 61.5 Å². The fourth-order valence-corrected chi connectivity index (χ4v) is 2.98. The molecule has 0 fully saturated rings. The van der Waals surface area contributed by atoms with E-state index in [1.165, 1.54) is 11.8 Å². The van der Waals surface area contributed by atoms with Gasteiger partial charge in [0.25, 0.3) is 0 Å². The van der Waals surface area contributed by atoms with Gasteiger partial charge in [0.2, 0.25) is 11.8 Å². The number of fused-ring (bicyclic) bond motifs is 1. The van der Waals surface area contributed by atoms with Gasteiger partial charge >= 0.3 is 0 Å². The molecule has 132 valence electrons. The Morgan fingerprint density at radius 2 is 1.81 bits per heavy atom. The number of para-hydroxylation sites is 2. The molecule has 0 radical (unpaired) electrons. The van der Waals surface area contributed by atoms with Crippen LogP contribution in [0.1, 0.15) is 19.4 Å². The zero-order valence-electron chi connectivity index (χ0n) is 14.9. The number of hydrogen-bond acceptors (Lipinski definition) is 3. The van der Waals surface area contributed by atoms with Crippen molar-refractivity contribution in [3.8, 4) is 0 Å². The Labute approximate surface area is 152 Å². The number of benzene rings is 2. The predicted molar refractivity (Wildman–Crippen MR) is 104 cm³/mol. The van der Waals surface area contributed by atoms with Crippen LogP contribution in [-0.2, 0) is 16.0 Å². The van der Waals surface area contributed by atoms with Crippen LogP contribution in [0.4, 0.5) is 11.4 Å². The fraction of sp³-hybridized carbons (Fsp3) is 0.190. The number of nitrogens with zero attached hydrogens (tertiary/aromatic N) is 2. The summed E-state index contributed by atoms with van der Waals surface area (Å²) in [5.74, 6) is -0.429. The molecular formula is C21H21N3O2. The Morgan fingerprint density at radius 1 is 1.04 bits per heavy atom. The van der Waals surface area contributed by atoms with Gasteiger partial charge in [-0.2, -0.15) is 0 Å². The maximum absolute atomic E-state index is 12.6. The number of carbonyl (C=O) groups is 2. The summed E-state index contributed by atoms with van der Waals surface area (Å²) in [5, 5.41) is 3.83. The van der Waals surface area contributed by atoms with Crippen molar-refractivity contribution in [3.63, 3.8) is 0 Å². The van der Waals surface area contributed by atoms with Crippen molar-refractivity contribution in [3.05, 3.63) is 66.4 Å². The largest absolute Gasteiger partial charge is 0.323 e. The van der Waals surface area contributed by atoms with Crippen molar-refractivity contribution < 1.29 is 9.59 Å². The summed E-state index contributed by atoms with van der Waals surface area (Å²) in [6.07, 6.45) is 2.48. The molecule has 5 nitrogen and oxygen atoms in total. The monoisotopic (exact) mass is 347 g/mol. The maximum Gasteiger partial charge on any atom is 0.244 e. The van der Waals surface area contributed by atoms with Crippen LogP contribution < -0.4 is 10.2 Å². The van der Waals surface area contributed by atoms with Crippen LogP contribution in [-0.4, -0.2) is 23.3 Å². The van der Waals surface area contributed by atoms with E-state index in [9.17, 15) is 9.59 Å². The van der Waals surface area contributed by atoms with Crippen molar-refractivity contribution in [2.75, 3.05) is 16.8 Å². The molecule has 0 spiro atoms. The third-order valence-corrected chi connectivity index (χ3v) is 4.25. The summed E-state index contributed by atoms with van der Waals surface area (Å²) in [4.78, 5) is 30.6. The lowest BCUT2D eigenvalue weighted by Crippen LogP contribution is -2.37. The Hall–Kier alpha value is -3.21. The van der Waals surface area contributed by atoms with Gasteiger partial charge in [-0.05, 0) is 30.2 Å². The van der Waals surface area contributed by atoms with Crippen LogP contribution >= 0.6 is 0 Å². The minimum Gasteiger partial charge on any atom is -0.323 e. The summed E-state index contributed by atoms with van der Waals surface area (Å²) >= 11 is 0. The molecule has 3 rings (SSSR count). The first kappa shape index (κ1) is 17.6. The number of anilines is 2. The molecule has 0 bridgehead atoms. The molecule has 1 heterocycles. The van der Waals surface area contributed by atoms with E-state index >= 15 is 0 Å². The summed E-state index contributed by atoms with van der Waals surface area (Å²) in [6.45, 7) is 3.45. The lowest BCUT2D eigenvalue weighted by atomic mass is 10.1. The third-order valence-electron chi connectivity index (χ3n) is 4.25. The normalized spacial score (nSPS) is 10.5. The van der Waals surface area contributed by atoms with Crippen LogP contribution in [0.15, 0.2) is 60.8 Å². The zero-order valence-corrected chi connectivity index (χ0v) is 14.9. The average Bonchev–Trinajstić information content (AvgIpc) is 2.66. The number of nitrogens with one attached hydrogen (secondary N) is 1. The Kier molecular flexibility index (Phi) is 5.27. The van der Waals surface area contributed by atoms with Crippen LogP contribution in [0.2, 0.25) is 0 Å². The van der Waals surface area contributed by atoms with Gasteiger partial charge < -0.3 is 10.2 Å². The Morgan fingerprint density at radius 3 is 2.58 bits per heavy atom. The van der Waals surface area contributed by atoms with E-state index in [0.29, 0.717) is 5.69 Å². The van der Waals surface area contributed by atoms with E-state index in [-0.39, 0.29) is 18.4 Å². The first-order chi connectivity index (χ1) is 12.6. The summed E-state index contributed by atoms with van der Waals surface area (Å²) in [7, 11) is 0. The second kappa shape index (κ2) is 7.78. The number of pyridine rings is 1. The minimum absolute atomic E-state index is 0.0461. The summed E-state index contributed by atoms with van der Waals surface area (Å²) in [5.41, 5.74) is 3.17. The highest BCUT2D eigenvalue weighted by molar-refractivity contribution is 6.05. The lowest BCUT2D eigenvalue weighted by molar-refractivity contribution is -0.120. The third kappa shape index (κ3) is 3.72. The molecule has 2 amide bonds. The molecule has 1 aromatic heterocycles. The predicted octanol–water partition coefficient (Wildman–Crippen LogP) is 3.79. The number of rotatable bonds is 5. The van der Waals surface area contributed by atoms with Gasteiger partial charge in [-0.15, -0.1) is 0 Å². The molecular weight excluding hydrogens is 326 g/mol. The van der Waals surface area contributed by atoms with Crippen molar-refractivity contribution in [1.29, 1.82) is 0 Å². The summed E-state index contributed by atoms with van der Waals surface area (Å²) in [6, 6.07) is 17.1. The maximum atomic E-state index is 12.6. The molecule has 0 saturated heterocycles. The van der Waals surface area contributed by atoms with E-state index in [1.54, 1.807) is 6.20 Å². The van der Waals surface area contributed by atoms with Crippen molar-refractivity contribution in [2.45, 2.75) is 20.3 Å². The van der Waals surface area contributed by atoms with Gasteiger partial charge in [0.1, 0.15) is 6.54 Å².